The van der Waals surface area contributed by atoms with Crippen molar-refractivity contribution < 1.29 is 9.53 Å². The maximum absolute atomic E-state index is 13.3. The second-order valence-corrected chi connectivity index (χ2v) is 7.83. The van der Waals surface area contributed by atoms with E-state index in [-0.39, 0.29) is 31.2 Å². The SMILES string of the molecule is COCCn1c(N)c(N(Cc2ccccc2)C(=O)/C=C/c2c(Cl)cccc2Cl)c(=O)[nH]c1=O. The summed E-state index contributed by atoms with van der Waals surface area (Å²) in [6, 6.07) is 14.0. The van der Waals surface area contributed by atoms with Gasteiger partial charge in [-0.2, -0.15) is 0 Å². The van der Waals surface area contributed by atoms with E-state index in [1.807, 2.05) is 18.2 Å². The molecule has 3 rings (SSSR count). The van der Waals surface area contributed by atoms with Crippen molar-refractivity contribution in [2.24, 2.45) is 0 Å². The molecule has 2 aromatic carbocycles. The molecule has 0 saturated heterocycles. The molecule has 0 atom stereocenters. The summed E-state index contributed by atoms with van der Waals surface area (Å²) in [6.07, 6.45) is 2.72. The van der Waals surface area contributed by atoms with Crippen LogP contribution in [0.2, 0.25) is 10.0 Å². The number of methoxy groups -OCH3 is 1. The molecule has 1 amide bonds. The summed E-state index contributed by atoms with van der Waals surface area (Å²) in [5.41, 5.74) is 5.80. The van der Waals surface area contributed by atoms with Crippen molar-refractivity contribution in [3.05, 3.63) is 96.6 Å². The Morgan fingerprint density at radius 3 is 2.42 bits per heavy atom. The van der Waals surface area contributed by atoms with Crippen molar-refractivity contribution >= 4 is 46.7 Å². The number of nitrogens with one attached hydrogen (secondary N) is 1. The number of nitrogens with two attached hydrogens (primary N) is 1. The predicted molar refractivity (Wildman–Crippen MR) is 131 cm³/mol. The fourth-order valence-corrected chi connectivity index (χ4v) is 3.71. The van der Waals surface area contributed by atoms with E-state index in [1.54, 1.807) is 30.3 Å². The number of carbonyl (C=O) groups is 1. The summed E-state index contributed by atoms with van der Waals surface area (Å²) < 4.78 is 6.17. The van der Waals surface area contributed by atoms with Gasteiger partial charge in [-0.15, -0.1) is 0 Å². The molecule has 0 fully saturated rings. The fourth-order valence-electron chi connectivity index (χ4n) is 3.19. The zero-order valence-corrected chi connectivity index (χ0v) is 19.3. The third-order valence-corrected chi connectivity index (χ3v) is 5.50. The van der Waals surface area contributed by atoms with Crippen LogP contribution in [0, 0.1) is 0 Å². The van der Waals surface area contributed by atoms with Crippen molar-refractivity contribution in [3.63, 3.8) is 0 Å². The Morgan fingerprint density at radius 2 is 1.79 bits per heavy atom. The monoisotopic (exact) mass is 488 g/mol. The number of nitrogen functional groups attached to an aromatic ring is 1. The van der Waals surface area contributed by atoms with Crippen molar-refractivity contribution in [3.8, 4) is 0 Å². The Bertz CT molecular complexity index is 1270. The summed E-state index contributed by atoms with van der Waals surface area (Å²) in [7, 11) is 1.48. The van der Waals surface area contributed by atoms with E-state index in [0.717, 1.165) is 10.1 Å². The van der Waals surface area contributed by atoms with Crippen LogP contribution in [0.4, 0.5) is 11.5 Å². The van der Waals surface area contributed by atoms with Gasteiger partial charge < -0.3 is 10.5 Å². The lowest BCUT2D eigenvalue weighted by molar-refractivity contribution is -0.114. The van der Waals surface area contributed by atoms with Crippen molar-refractivity contribution in [1.29, 1.82) is 0 Å². The standard InChI is InChI=1S/C23H22Cl2N4O4/c1-33-13-12-28-21(26)20(22(31)27-23(28)32)29(14-15-6-3-2-4-7-15)19(30)11-10-16-17(24)8-5-9-18(16)25/h2-11H,12-14,26H2,1H3,(H,27,31,32)/b11-10+. The molecule has 0 aliphatic carbocycles. The minimum atomic E-state index is -0.778. The highest BCUT2D eigenvalue weighted by Gasteiger charge is 2.23. The summed E-state index contributed by atoms with van der Waals surface area (Å²) >= 11 is 12.4. The Labute approximate surface area is 199 Å². The number of hydrogen-bond donors (Lipinski definition) is 2. The summed E-state index contributed by atoms with van der Waals surface area (Å²) in [6.45, 7) is 0.326. The van der Waals surface area contributed by atoms with Crippen molar-refractivity contribution in [1.82, 2.24) is 9.55 Å². The molecule has 3 N–H and O–H groups in total. The van der Waals surface area contributed by atoms with Crippen LogP contribution >= 0.6 is 23.2 Å². The zero-order valence-electron chi connectivity index (χ0n) is 17.8. The van der Waals surface area contributed by atoms with Gasteiger partial charge in [-0.1, -0.05) is 59.6 Å². The molecule has 0 bridgehead atoms. The molecule has 0 aliphatic rings. The quantitative estimate of drug-likeness (QED) is 0.472. The van der Waals surface area contributed by atoms with Crippen LogP contribution in [0.3, 0.4) is 0 Å². The van der Waals surface area contributed by atoms with Gasteiger partial charge in [0.1, 0.15) is 5.82 Å². The lowest BCUT2D eigenvalue weighted by Crippen LogP contribution is -2.40. The molecular weight excluding hydrogens is 467 g/mol. The molecule has 172 valence electrons. The molecule has 0 aliphatic heterocycles. The first-order valence-corrected chi connectivity index (χ1v) is 10.7. The maximum Gasteiger partial charge on any atom is 0.330 e. The molecule has 0 spiro atoms. The first kappa shape index (κ1) is 24.3. The number of hydrogen-bond acceptors (Lipinski definition) is 5. The molecule has 0 unspecified atom stereocenters. The number of H-pyrrole nitrogens is 1. The van der Waals surface area contributed by atoms with Gasteiger partial charge in [-0.05, 0) is 23.8 Å². The smallest absolute Gasteiger partial charge is 0.330 e. The number of halogens is 2. The number of nitrogens with zero attached hydrogens (tertiary/aromatic N) is 2. The van der Waals surface area contributed by atoms with Gasteiger partial charge >= 0.3 is 5.69 Å². The summed E-state index contributed by atoms with van der Waals surface area (Å²) in [4.78, 5) is 41.8. The number of ether oxygens (including phenoxy) is 1. The number of benzene rings is 2. The van der Waals surface area contributed by atoms with E-state index < -0.39 is 17.2 Å². The molecular formula is C23H22Cl2N4O4. The highest BCUT2D eigenvalue weighted by molar-refractivity contribution is 6.37. The van der Waals surface area contributed by atoms with Crippen LogP contribution in [0.1, 0.15) is 11.1 Å². The van der Waals surface area contributed by atoms with Crippen molar-refractivity contribution in [2.75, 3.05) is 24.4 Å². The van der Waals surface area contributed by atoms with Crippen LogP contribution in [0.5, 0.6) is 0 Å². The van der Waals surface area contributed by atoms with Gasteiger partial charge in [0, 0.05) is 28.8 Å². The van der Waals surface area contributed by atoms with Crippen LogP contribution in [-0.4, -0.2) is 29.2 Å². The van der Waals surface area contributed by atoms with Crippen LogP contribution in [-0.2, 0) is 22.6 Å². The van der Waals surface area contributed by atoms with E-state index >= 15 is 0 Å². The van der Waals surface area contributed by atoms with Crippen LogP contribution in [0.15, 0.2) is 64.2 Å². The molecule has 0 radical (unpaired) electrons. The molecule has 1 heterocycles. The fraction of sp³-hybridized carbons (Fsp3) is 0.174. The topological polar surface area (TPSA) is 110 Å². The second-order valence-electron chi connectivity index (χ2n) is 7.02. The Kier molecular flexibility index (Phi) is 8.11. The predicted octanol–water partition coefficient (Wildman–Crippen LogP) is 3.32. The van der Waals surface area contributed by atoms with E-state index in [0.29, 0.717) is 15.6 Å². The first-order valence-electron chi connectivity index (χ1n) is 9.92. The van der Waals surface area contributed by atoms with Crippen LogP contribution in [0.25, 0.3) is 6.08 Å². The number of rotatable bonds is 8. The van der Waals surface area contributed by atoms with Gasteiger partial charge in [-0.3, -0.25) is 24.0 Å². The number of aromatic amines is 1. The van der Waals surface area contributed by atoms with Gasteiger partial charge in [0.25, 0.3) is 11.5 Å². The lowest BCUT2D eigenvalue weighted by atomic mass is 10.1. The van der Waals surface area contributed by atoms with E-state index in [4.69, 9.17) is 33.7 Å². The van der Waals surface area contributed by atoms with E-state index in [9.17, 15) is 14.4 Å². The normalized spacial score (nSPS) is 11.1. The molecule has 1 aromatic heterocycles. The third-order valence-electron chi connectivity index (χ3n) is 4.84. The molecule has 10 heteroatoms. The largest absolute Gasteiger partial charge is 0.383 e. The highest BCUT2D eigenvalue weighted by atomic mass is 35.5. The van der Waals surface area contributed by atoms with Gasteiger partial charge in [0.15, 0.2) is 5.69 Å². The minimum absolute atomic E-state index is 0.0377. The van der Waals surface area contributed by atoms with Crippen LogP contribution < -0.4 is 21.9 Å². The van der Waals surface area contributed by atoms with Crippen molar-refractivity contribution in [2.45, 2.75) is 13.1 Å². The average Bonchev–Trinajstić information content (AvgIpc) is 2.78. The number of anilines is 2. The first-order chi connectivity index (χ1) is 15.8. The number of amides is 1. The molecule has 8 nitrogen and oxygen atoms in total. The zero-order chi connectivity index (χ0) is 24.0. The van der Waals surface area contributed by atoms with Gasteiger partial charge in [-0.25, -0.2) is 4.79 Å². The maximum atomic E-state index is 13.3. The van der Waals surface area contributed by atoms with E-state index in [2.05, 4.69) is 4.98 Å². The van der Waals surface area contributed by atoms with Gasteiger partial charge in [0.05, 0.1) is 19.7 Å². The Morgan fingerprint density at radius 1 is 1.12 bits per heavy atom. The highest BCUT2D eigenvalue weighted by Crippen LogP contribution is 2.26. The summed E-state index contributed by atoms with van der Waals surface area (Å²) in [5.74, 6) is -0.696. The lowest BCUT2D eigenvalue weighted by Gasteiger charge is -2.23. The second kappa shape index (κ2) is 11.0. The Balaban J connectivity index is 2.09. The average molecular weight is 489 g/mol. The minimum Gasteiger partial charge on any atom is -0.383 e. The van der Waals surface area contributed by atoms with E-state index in [1.165, 1.54) is 24.2 Å². The molecule has 33 heavy (non-hydrogen) atoms. The molecule has 3 aromatic rings. The summed E-state index contributed by atoms with van der Waals surface area (Å²) in [5, 5.41) is 0.735. The number of carbonyl (C=O) groups excluding carboxylic acids is 1. The number of aromatic nitrogens is 2. The Hall–Kier alpha value is -3.33. The third kappa shape index (κ3) is 5.73. The van der Waals surface area contributed by atoms with Gasteiger partial charge in [0.2, 0.25) is 0 Å². The molecule has 0 saturated carbocycles.